The largest absolute Gasteiger partial charge is 0.480 e. The number of fused-ring (bicyclic) bond motifs is 4. The number of benzene rings is 3. The van der Waals surface area contributed by atoms with Crippen molar-refractivity contribution < 1.29 is 48.2 Å². The second-order valence-electron chi connectivity index (χ2n) is 11.2. The van der Waals surface area contributed by atoms with Crippen molar-refractivity contribution in [3.05, 3.63) is 81.1 Å². The van der Waals surface area contributed by atoms with Crippen LogP contribution in [0.15, 0.2) is 70.3 Å². The van der Waals surface area contributed by atoms with Crippen LogP contribution in [-0.4, -0.2) is 111 Å². The van der Waals surface area contributed by atoms with E-state index in [9.17, 15) is 19.2 Å². The van der Waals surface area contributed by atoms with Crippen LogP contribution < -0.4 is 10.9 Å². The molecule has 0 fully saturated rings. The maximum Gasteiger partial charge on any atom is 0.329 e. The third-order valence-electron chi connectivity index (χ3n) is 7.92. The van der Waals surface area contributed by atoms with Gasteiger partial charge < -0.3 is 47.8 Å². The zero-order chi connectivity index (χ0) is 35.3. The molecule has 0 radical (unpaired) electrons. The van der Waals surface area contributed by atoms with E-state index < -0.39 is 11.9 Å². The Morgan fingerprint density at radius 1 is 0.460 bits per heavy atom. The van der Waals surface area contributed by atoms with Crippen LogP contribution in [0.1, 0.15) is 0 Å². The highest BCUT2D eigenvalue weighted by Crippen LogP contribution is 2.26. The standard InChI is InChI=1S/C36H40N2O12/c39-33(40)23-49-19-17-47-15-13-45-11-9-37-29-7-3-1-5-25(29)35(43)27-21-32-28(22-31(27)37)36(44)26-6-2-4-8-30(26)38(32)10-12-46-14-16-48-18-20-50-24-34(41)42/h1-8,21-22H,9-20,23-24H2,(H,39,40)(H,41,42). The number of carbonyl (C=O) groups is 2. The third kappa shape index (κ3) is 9.29. The van der Waals surface area contributed by atoms with Crippen LogP contribution in [0.25, 0.3) is 43.6 Å². The molecule has 0 saturated carbocycles. The van der Waals surface area contributed by atoms with E-state index >= 15 is 0 Å². The minimum atomic E-state index is -1.03. The van der Waals surface area contributed by atoms with Gasteiger partial charge in [0.25, 0.3) is 0 Å². The van der Waals surface area contributed by atoms with Gasteiger partial charge in [0.2, 0.25) is 0 Å². The number of ether oxygens (including phenoxy) is 6. The average molecular weight is 693 g/mol. The smallest absolute Gasteiger partial charge is 0.329 e. The maximum absolute atomic E-state index is 13.9. The second kappa shape index (κ2) is 18.3. The Bertz CT molecular complexity index is 1910. The van der Waals surface area contributed by atoms with Gasteiger partial charge in [0, 0.05) is 34.6 Å². The molecule has 50 heavy (non-hydrogen) atoms. The summed E-state index contributed by atoms with van der Waals surface area (Å²) in [5, 5.41) is 19.3. The van der Waals surface area contributed by atoms with Gasteiger partial charge in [-0.15, -0.1) is 0 Å². The summed E-state index contributed by atoms with van der Waals surface area (Å²) in [6.07, 6.45) is 0. The number of para-hydroxylation sites is 2. The Labute approximate surface area is 286 Å². The van der Waals surface area contributed by atoms with Crippen molar-refractivity contribution in [2.45, 2.75) is 13.1 Å². The molecule has 0 saturated heterocycles. The highest BCUT2D eigenvalue weighted by Gasteiger charge is 2.17. The van der Waals surface area contributed by atoms with E-state index in [0.717, 1.165) is 11.0 Å². The Kier molecular flexibility index (Phi) is 13.4. The number of aromatic nitrogens is 2. The first-order valence-electron chi connectivity index (χ1n) is 16.3. The Morgan fingerprint density at radius 3 is 1.18 bits per heavy atom. The summed E-state index contributed by atoms with van der Waals surface area (Å²) in [4.78, 5) is 48.8. The fourth-order valence-corrected chi connectivity index (χ4v) is 5.73. The Morgan fingerprint density at radius 2 is 0.800 bits per heavy atom. The fraction of sp³-hybridized carbons (Fsp3) is 0.389. The van der Waals surface area contributed by atoms with E-state index in [-0.39, 0.29) is 50.5 Å². The van der Waals surface area contributed by atoms with Crippen LogP contribution in [-0.2, 0) is 51.1 Å². The van der Waals surface area contributed by atoms with E-state index in [2.05, 4.69) is 0 Å². The topological polar surface area (TPSA) is 174 Å². The van der Waals surface area contributed by atoms with Crippen molar-refractivity contribution in [3.8, 4) is 0 Å². The molecule has 3 aromatic carbocycles. The zero-order valence-corrected chi connectivity index (χ0v) is 27.5. The van der Waals surface area contributed by atoms with Crippen LogP contribution in [0.4, 0.5) is 0 Å². The predicted molar refractivity (Wildman–Crippen MR) is 185 cm³/mol. The molecule has 14 nitrogen and oxygen atoms in total. The molecule has 5 rings (SSSR count). The van der Waals surface area contributed by atoms with Gasteiger partial charge in [0.05, 0.1) is 88.1 Å². The first-order chi connectivity index (χ1) is 24.4. The van der Waals surface area contributed by atoms with Gasteiger partial charge >= 0.3 is 11.9 Å². The Hall–Kier alpha value is -4.70. The van der Waals surface area contributed by atoms with Gasteiger partial charge in [0.15, 0.2) is 10.9 Å². The van der Waals surface area contributed by atoms with Gasteiger partial charge in [-0.1, -0.05) is 24.3 Å². The van der Waals surface area contributed by atoms with E-state index in [4.69, 9.17) is 38.6 Å². The average Bonchev–Trinajstić information content (AvgIpc) is 3.11. The fourth-order valence-electron chi connectivity index (χ4n) is 5.73. The summed E-state index contributed by atoms with van der Waals surface area (Å²) in [6.45, 7) is 2.78. The number of nitrogens with zero attached hydrogens (tertiary/aromatic N) is 2. The monoisotopic (exact) mass is 692 g/mol. The summed E-state index contributed by atoms with van der Waals surface area (Å²) in [5.74, 6) is -2.07. The molecular formula is C36H40N2O12. The summed E-state index contributed by atoms with van der Waals surface area (Å²) in [6, 6.07) is 18.3. The lowest BCUT2D eigenvalue weighted by Gasteiger charge is -2.19. The van der Waals surface area contributed by atoms with Gasteiger partial charge in [-0.3, -0.25) is 9.59 Å². The number of hydrogen-bond acceptors (Lipinski definition) is 10. The van der Waals surface area contributed by atoms with E-state index in [0.29, 0.717) is 85.3 Å². The molecule has 0 amide bonds. The number of rotatable bonds is 22. The van der Waals surface area contributed by atoms with Crippen molar-refractivity contribution in [2.24, 2.45) is 0 Å². The molecule has 14 heteroatoms. The van der Waals surface area contributed by atoms with Crippen LogP contribution >= 0.6 is 0 Å². The summed E-state index contributed by atoms with van der Waals surface area (Å²) in [5.41, 5.74) is 2.42. The highest BCUT2D eigenvalue weighted by atomic mass is 16.6. The minimum Gasteiger partial charge on any atom is -0.480 e. The van der Waals surface area contributed by atoms with E-state index in [1.807, 2.05) is 45.5 Å². The summed E-state index contributed by atoms with van der Waals surface area (Å²) >= 11 is 0. The number of carboxylic acid groups (broad SMARTS) is 2. The maximum atomic E-state index is 13.9. The normalized spacial score (nSPS) is 11.7. The van der Waals surface area contributed by atoms with Crippen LogP contribution in [0.5, 0.6) is 0 Å². The molecule has 0 aliphatic heterocycles. The minimum absolute atomic E-state index is 0.138. The number of carboxylic acids is 2. The van der Waals surface area contributed by atoms with E-state index in [1.165, 1.54) is 0 Å². The molecule has 2 aromatic heterocycles. The molecule has 0 aliphatic rings. The summed E-state index contributed by atoms with van der Waals surface area (Å²) < 4.78 is 36.4. The third-order valence-corrected chi connectivity index (χ3v) is 7.92. The molecule has 266 valence electrons. The number of hydrogen-bond donors (Lipinski definition) is 2. The van der Waals surface area contributed by atoms with Gasteiger partial charge in [-0.05, 0) is 36.4 Å². The van der Waals surface area contributed by atoms with Crippen molar-refractivity contribution in [2.75, 3.05) is 79.3 Å². The van der Waals surface area contributed by atoms with E-state index in [1.54, 1.807) is 24.3 Å². The molecule has 0 atom stereocenters. The molecule has 0 bridgehead atoms. The van der Waals surface area contributed by atoms with Gasteiger partial charge in [-0.25, -0.2) is 9.59 Å². The van der Waals surface area contributed by atoms with Crippen molar-refractivity contribution in [1.29, 1.82) is 0 Å². The first kappa shape index (κ1) is 36.6. The lowest BCUT2D eigenvalue weighted by molar-refractivity contribution is -0.143. The molecule has 0 spiro atoms. The van der Waals surface area contributed by atoms with Crippen LogP contribution in [0.3, 0.4) is 0 Å². The highest BCUT2D eigenvalue weighted by molar-refractivity contribution is 6.03. The lowest BCUT2D eigenvalue weighted by atomic mass is 10.0. The molecular weight excluding hydrogens is 652 g/mol. The van der Waals surface area contributed by atoms with Crippen LogP contribution in [0.2, 0.25) is 0 Å². The lowest BCUT2D eigenvalue weighted by Crippen LogP contribution is -2.18. The quantitative estimate of drug-likeness (QED) is 0.0803. The molecule has 0 unspecified atom stereocenters. The second-order valence-corrected chi connectivity index (χ2v) is 11.2. The zero-order valence-electron chi connectivity index (χ0n) is 27.5. The van der Waals surface area contributed by atoms with Gasteiger partial charge in [0.1, 0.15) is 13.2 Å². The summed E-state index contributed by atoms with van der Waals surface area (Å²) in [7, 11) is 0. The number of pyridine rings is 2. The van der Waals surface area contributed by atoms with Gasteiger partial charge in [-0.2, -0.15) is 0 Å². The molecule has 2 heterocycles. The van der Waals surface area contributed by atoms with Crippen molar-refractivity contribution in [3.63, 3.8) is 0 Å². The number of aliphatic carboxylic acids is 2. The predicted octanol–water partition coefficient (Wildman–Crippen LogP) is 2.89. The molecule has 2 N–H and O–H groups in total. The van der Waals surface area contributed by atoms with Crippen molar-refractivity contribution >= 4 is 55.6 Å². The van der Waals surface area contributed by atoms with Crippen molar-refractivity contribution in [1.82, 2.24) is 9.13 Å². The first-order valence-corrected chi connectivity index (χ1v) is 16.3. The molecule has 0 aliphatic carbocycles. The SMILES string of the molecule is O=C(O)COCCOCCOCCn1c2ccccc2c(=O)c2cc3c(cc21)c(=O)c1ccccc1n3CCOCCOCCOCC(=O)O. The molecule has 5 aromatic rings. The Balaban J connectivity index is 1.35. The van der Waals surface area contributed by atoms with Crippen LogP contribution in [0, 0.1) is 0 Å².